The minimum Gasteiger partial charge on any atom is -0.386 e. The van der Waals surface area contributed by atoms with Crippen molar-refractivity contribution < 1.29 is 9.63 Å². The molecule has 1 N–H and O–H groups in total. The number of hydrogen-bond acceptors (Lipinski definition) is 4. The second-order valence-electron chi connectivity index (χ2n) is 4.29. The van der Waals surface area contributed by atoms with E-state index in [1.54, 1.807) is 17.6 Å². The van der Waals surface area contributed by atoms with Crippen LogP contribution in [0.1, 0.15) is 16.0 Å². The maximum absolute atomic E-state index is 11.5. The molecule has 0 radical (unpaired) electrons. The average Bonchev–Trinajstić information content (AvgIpc) is 2.96. The largest absolute Gasteiger partial charge is 0.386 e. The normalized spacial score (nSPS) is 10.7. The van der Waals surface area contributed by atoms with Gasteiger partial charge in [-0.25, -0.2) is 0 Å². The lowest BCUT2D eigenvalue weighted by atomic mass is 10.1. The standard InChI is InChI=1S/C15H16N2O2S/c1-12-4-6-13(7-5-12)9-16-15(18)11-19-17-10-14-3-2-8-20-14/h2-8,10H,9,11H2,1H3,(H,16,18)/b17-10+. The molecule has 0 fully saturated rings. The van der Waals surface area contributed by atoms with E-state index in [9.17, 15) is 4.79 Å². The van der Waals surface area contributed by atoms with Gasteiger partial charge in [-0.3, -0.25) is 4.79 Å². The zero-order chi connectivity index (χ0) is 14.2. The molecule has 1 aromatic heterocycles. The lowest BCUT2D eigenvalue weighted by Gasteiger charge is -2.04. The minimum atomic E-state index is -0.186. The van der Waals surface area contributed by atoms with Crippen LogP contribution in [0.15, 0.2) is 46.9 Å². The van der Waals surface area contributed by atoms with Gasteiger partial charge < -0.3 is 10.2 Å². The topological polar surface area (TPSA) is 50.7 Å². The molecule has 0 spiro atoms. The van der Waals surface area contributed by atoms with Crippen molar-refractivity contribution in [2.75, 3.05) is 6.61 Å². The Balaban J connectivity index is 1.66. The van der Waals surface area contributed by atoms with Gasteiger partial charge in [0.2, 0.25) is 0 Å². The Hall–Kier alpha value is -2.14. The van der Waals surface area contributed by atoms with Crippen LogP contribution in [-0.4, -0.2) is 18.7 Å². The Kier molecular flexibility index (Phi) is 5.32. The van der Waals surface area contributed by atoms with E-state index in [1.165, 1.54) is 5.56 Å². The molecule has 4 nitrogen and oxygen atoms in total. The highest BCUT2D eigenvalue weighted by Crippen LogP contribution is 2.04. The summed E-state index contributed by atoms with van der Waals surface area (Å²) in [6.07, 6.45) is 1.60. The molecule has 0 saturated carbocycles. The van der Waals surface area contributed by atoms with E-state index in [-0.39, 0.29) is 12.5 Å². The molecule has 1 amide bonds. The first-order chi connectivity index (χ1) is 9.74. The molecule has 104 valence electrons. The molecule has 0 unspecified atom stereocenters. The Labute approximate surface area is 122 Å². The predicted octanol–water partition coefficient (Wildman–Crippen LogP) is 2.72. The SMILES string of the molecule is Cc1ccc(CNC(=O)CO/N=C/c2cccs2)cc1. The van der Waals surface area contributed by atoms with Gasteiger partial charge in [-0.15, -0.1) is 11.3 Å². The Morgan fingerprint density at radius 2 is 2.15 bits per heavy atom. The van der Waals surface area contributed by atoms with E-state index >= 15 is 0 Å². The number of nitrogens with zero attached hydrogens (tertiary/aromatic N) is 1. The molecular weight excluding hydrogens is 272 g/mol. The molecule has 20 heavy (non-hydrogen) atoms. The molecule has 0 bridgehead atoms. The Bertz CT molecular complexity index is 562. The second kappa shape index (κ2) is 7.45. The quantitative estimate of drug-likeness (QED) is 0.656. The van der Waals surface area contributed by atoms with Crippen molar-refractivity contribution in [3.05, 3.63) is 57.8 Å². The van der Waals surface area contributed by atoms with E-state index in [4.69, 9.17) is 4.84 Å². The third-order valence-electron chi connectivity index (χ3n) is 2.60. The number of carbonyl (C=O) groups excluding carboxylic acids is 1. The zero-order valence-corrected chi connectivity index (χ0v) is 12.0. The fraction of sp³-hybridized carbons (Fsp3) is 0.200. The highest BCUT2D eigenvalue weighted by Gasteiger charge is 2.01. The van der Waals surface area contributed by atoms with Crippen LogP contribution in [0, 0.1) is 6.92 Å². The van der Waals surface area contributed by atoms with Gasteiger partial charge in [0.25, 0.3) is 5.91 Å². The van der Waals surface area contributed by atoms with Gasteiger partial charge in [0, 0.05) is 11.4 Å². The number of rotatable bonds is 6. The predicted molar refractivity (Wildman–Crippen MR) is 80.9 cm³/mol. The fourth-order valence-corrected chi connectivity index (χ4v) is 2.08. The Morgan fingerprint density at radius 1 is 1.35 bits per heavy atom. The van der Waals surface area contributed by atoms with Gasteiger partial charge in [-0.05, 0) is 23.9 Å². The summed E-state index contributed by atoms with van der Waals surface area (Å²) in [5, 5.41) is 8.48. The maximum atomic E-state index is 11.5. The summed E-state index contributed by atoms with van der Waals surface area (Å²) in [5.41, 5.74) is 2.26. The lowest BCUT2D eigenvalue weighted by molar-refractivity contribution is -0.125. The van der Waals surface area contributed by atoms with Crippen molar-refractivity contribution in [3.63, 3.8) is 0 Å². The number of carbonyl (C=O) groups is 1. The number of hydrogen-bond donors (Lipinski definition) is 1. The zero-order valence-electron chi connectivity index (χ0n) is 11.2. The minimum absolute atomic E-state index is 0.0757. The molecule has 0 aliphatic heterocycles. The number of benzene rings is 1. The van der Waals surface area contributed by atoms with Crippen LogP contribution in [0.3, 0.4) is 0 Å². The van der Waals surface area contributed by atoms with Gasteiger partial charge in [0.15, 0.2) is 6.61 Å². The second-order valence-corrected chi connectivity index (χ2v) is 5.26. The lowest BCUT2D eigenvalue weighted by Crippen LogP contribution is -2.26. The third-order valence-corrected chi connectivity index (χ3v) is 3.41. The molecule has 1 heterocycles. The number of amides is 1. The van der Waals surface area contributed by atoms with Crippen molar-refractivity contribution in [3.8, 4) is 0 Å². The maximum Gasteiger partial charge on any atom is 0.261 e. The number of aryl methyl sites for hydroxylation is 1. The highest BCUT2D eigenvalue weighted by molar-refractivity contribution is 7.11. The van der Waals surface area contributed by atoms with E-state index in [0.717, 1.165) is 10.4 Å². The number of oxime groups is 1. The van der Waals surface area contributed by atoms with Crippen molar-refractivity contribution >= 4 is 23.5 Å². The van der Waals surface area contributed by atoms with Crippen molar-refractivity contribution in [2.24, 2.45) is 5.16 Å². The van der Waals surface area contributed by atoms with Gasteiger partial charge in [-0.1, -0.05) is 41.1 Å². The summed E-state index contributed by atoms with van der Waals surface area (Å²) >= 11 is 1.56. The molecule has 5 heteroatoms. The van der Waals surface area contributed by atoms with E-state index < -0.39 is 0 Å². The van der Waals surface area contributed by atoms with Gasteiger partial charge >= 0.3 is 0 Å². The summed E-state index contributed by atoms with van der Waals surface area (Å²) in [4.78, 5) is 17.5. The molecule has 2 aromatic rings. The molecule has 0 aliphatic carbocycles. The van der Waals surface area contributed by atoms with Crippen molar-refractivity contribution in [1.29, 1.82) is 0 Å². The van der Waals surface area contributed by atoms with E-state index in [1.807, 2.05) is 48.7 Å². The average molecular weight is 288 g/mol. The summed E-state index contributed by atoms with van der Waals surface area (Å²) in [6.45, 7) is 2.45. The first-order valence-corrected chi connectivity index (χ1v) is 7.13. The Morgan fingerprint density at radius 3 is 2.85 bits per heavy atom. The highest BCUT2D eigenvalue weighted by atomic mass is 32.1. The summed E-state index contributed by atoms with van der Waals surface area (Å²) in [5.74, 6) is -0.186. The first kappa shape index (κ1) is 14.3. The van der Waals surface area contributed by atoms with Crippen molar-refractivity contribution in [2.45, 2.75) is 13.5 Å². The molecule has 0 atom stereocenters. The molecule has 0 aliphatic rings. The fourth-order valence-electron chi connectivity index (χ4n) is 1.51. The third kappa shape index (κ3) is 4.85. The summed E-state index contributed by atoms with van der Waals surface area (Å²) in [7, 11) is 0. The summed E-state index contributed by atoms with van der Waals surface area (Å²) in [6, 6.07) is 11.9. The van der Waals surface area contributed by atoms with Crippen molar-refractivity contribution in [1.82, 2.24) is 5.32 Å². The van der Waals surface area contributed by atoms with Crippen LogP contribution in [0.5, 0.6) is 0 Å². The van der Waals surface area contributed by atoms with Crippen LogP contribution < -0.4 is 5.32 Å². The van der Waals surface area contributed by atoms with Crippen LogP contribution >= 0.6 is 11.3 Å². The van der Waals surface area contributed by atoms with Gasteiger partial charge in [-0.2, -0.15) is 0 Å². The van der Waals surface area contributed by atoms with Crippen LogP contribution in [0.4, 0.5) is 0 Å². The molecule has 0 saturated heterocycles. The first-order valence-electron chi connectivity index (χ1n) is 6.25. The van der Waals surface area contributed by atoms with Crippen LogP contribution in [-0.2, 0) is 16.2 Å². The summed E-state index contributed by atoms with van der Waals surface area (Å²) < 4.78 is 0. The van der Waals surface area contributed by atoms with Crippen LogP contribution in [0.2, 0.25) is 0 Å². The van der Waals surface area contributed by atoms with E-state index in [0.29, 0.717) is 6.54 Å². The molecular formula is C15H16N2O2S. The van der Waals surface area contributed by atoms with E-state index in [2.05, 4.69) is 10.5 Å². The smallest absolute Gasteiger partial charge is 0.261 e. The van der Waals surface area contributed by atoms with Gasteiger partial charge in [0.05, 0.1) is 6.21 Å². The molecule has 1 aromatic carbocycles. The number of nitrogens with one attached hydrogen (secondary N) is 1. The van der Waals surface area contributed by atoms with Crippen LogP contribution in [0.25, 0.3) is 0 Å². The van der Waals surface area contributed by atoms with Gasteiger partial charge in [0.1, 0.15) is 0 Å². The molecule has 2 rings (SSSR count). The number of thiophene rings is 1. The monoisotopic (exact) mass is 288 g/mol.